The van der Waals surface area contributed by atoms with Gasteiger partial charge in [0.1, 0.15) is 0 Å². The summed E-state index contributed by atoms with van der Waals surface area (Å²) in [7, 11) is 0. The average Bonchev–Trinajstić information content (AvgIpc) is 2.81. The molecular formula is C18H24N2O2. The Hall–Kier alpha value is -1.81. The van der Waals surface area contributed by atoms with Gasteiger partial charge < -0.3 is 15.0 Å². The molecule has 1 saturated heterocycles. The van der Waals surface area contributed by atoms with Gasteiger partial charge in [-0.3, -0.25) is 4.79 Å². The number of fused-ring (bicyclic) bond motifs is 1. The number of rotatable bonds is 2. The van der Waals surface area contributed by atoms with Crippen LogP contribution in [0.4, 0.5) is 0 Å². The maximum atomic E-state index is 12.9. The van der Waals surface area contributed by atoms with Gasteiger partial charge >= 0.3 is 0 Å². The Morgan fingerprint density at radius 2 is 2.18 bits per heavy atom. The molecule has 1 aromatic heterocycles. The van der Waals surface area contributed by atoms with Crippen LogP contribution in [0.3, 0.4) is 0 Å². The van der Waals surface area contributed by atoms with E-state index >= 15 is 0 Å². The van der Waals surface area contributed by atoms with Crippen LogP contribution in [0.5, 0.6) is 0 Å². The molecule has 118 valence electrons. The Kier molecular flexibility index (Phi) is 3.96. The van der Waals surface area contributed by atoms with Gasteiger partial charge in [-0.05, 0) is 56.4 Å². The molecule has 0 radical (unpaired) electrons. The van der Waals surface area contributed by atoms with Crippen LogP contribution < -0.4 is 0 Å². The molecule has 2 aromatic rings. The number of hydrogen-bond acceptors (Lipinski definition) is 2. The van der Waals surface area contributed by atoms with Crippen molar-refractivity contribution >= 4 is 16.8 Å². The van der Waals surface area contributed by atoms with Crippen molar-refractivity contribution in [3.8, 4) is 0 Å². The lowest BCUT2D eigenvalue weighted by Gasteiger charge is -2.39. The maximum absolute atomic E-state index is 12.9. The first-order valence-corrected chi connectivity index (χ1v) is 8.03. The highest BCUT2D eigenvalue weighted by Gasteiger charge is 2.31. The second-order valence-electron chi connectivity index (χ2n) is 6.50. The van der Waals surface area contributed by atoms with Crippen molar-refractivity contribution in [3.05, 3.63) is 35.0 Å². The molecule has 4 heteroatoms. The van der Waals surface area contributed by atoms with Gasteiger partial charge in [-0.25, -0.2) is 0 Å². The summed E-state index contributed by atoms with van der Waals surface area (Å²) in [5.74, 6) is 0.383. The van der Waals surface area contributed by atoms with E-state index in [1.165, 1.54) is 5.56 Å². The van der Waals surface area contributed by atoms with Gasteiger partial charge in [-0.2, -0.15) is 0 Å². The number of likely N-dealkylation sites (tertiary alicyclic amines) is 1. The van der Waals surface area contributed by atoms with E-state index in [9.17, 15) is 9.90 Å². The summed E-state index contributed by atoms with van der Waals surface area (Å²) in [6.07, 6.45) is 2.08. The number of aryl methyl sites for hydroxylation is 2. The Morgan fingerprint density at radius 3 is 2.91 bits per heavy atom. The molecule has 2 heterocycles. The Balaban J connectivity index is 1.95. The number of aliphatic hydroxyl groups is 1. The summed E-state index contributed by atoms with van der Waals surface area (Å²) in [5.41, 5.74) is 4.11. The number of piperidine rings is 1. The van der Waals surface area contributed by atoms with Gasteiger partial charge in [-0.15, -0.1) is 0 Å². The van der Waals surface area contributed by atoms with Gasteiger partial charge in [0.15, 0.2) is 0 Å². The van der Waals surface area contributed by atoms with Gasteiger partial charge in [0.25, 0.3) is 5.91 Å². The van der Waals surface area contributed by atoms with E-state index in [1.54, 1.807) is 0 Å². The highest BCUT2D eigenvalue weighted by atomic mass is 16.3. The average molecular weight is 300 g/mol. The fraction of sp³-hybridized carbons (Fsp3) is 0.500. The normalized spacial score (nSPS) is 22.3. The second-order valence-corrected chi connectivity index (χ2v) is 6.50. The first kappa shape index (κ1) is 15.1. The minimum absolute atomic E-state index is 0.0331. The third kappa shape index (κ3) is 2.41. The SMILES string of the molecule is Cc1[nH]c2ccc(C(=O)N3CCCC(C)C3CO)cc2c1C. The van der Waals surface area contributed by atoms with E-state index in [0.717, 1.165) is 36.0 Å². The number of benzene rings is 1. The van der Waals surface area contributed by atoms with E-state index in [1.807, 2.05) is 30.0 Å². The van der Waals surface area contributed by atoms with E-state index in [4.69, 9.17) is 0 Å². The molecule has 2 atom stereocenters. The topological polar surface area (TPSA) is 56.3 Å². The molecule has 3 rings (SSSR count). The summed E-state index contributed by atoms with van der Waals surface area (Å²) in [5, 5.41) is 10.8. The monoisotopic (exact) mass is 300 g/mol. The summed E-state index contributed by atoms with van der Waals surface area (Å²) in [4.78, 5) is 18.1. The standard InChI is InChI=1S/C18H24N2O2/c1-11-5-4-8-20(17(11)10-21)18(22)14-6-7-16-15(9-14)12(2)13(3)19-16/h6-7,9,11,17,19,21H,4-5,8,10H2,1-3H3. The zero-order valence-corrected chi connectivity index (χ0v) is 13.5. The number of amides is 1. The molecule has 2 unspecified atom stereocenters. The fourth-order valence-corrected chi connectivity index (χ4v) is 3.54. The minimum atomic E-state index is -0.0639. The number of aromatic nitrogens is 1. The molecule has 1 amide bonds. The number of nitrogens with one attached hydrogen (secondary N) is 1. The van der Waals surface area contributed by atoms with Crippen molar-refractivity contribution in [2.75, 3.05) is 13.2 Å². The molecular weight excluding hydrogens is 276 g/mol. The van der Waals surface area contributed by atoms with Crippen LogP contribution in [0.25, 0.3) is 10.9 Å². The van der Waals surface area contributed by atoms with Crippen LogP contribution in [0.2, 0.25) is 0 Å². The molecule has 0 bridgehead atoms. The quantitative estimate of drug-likeness (QED) is 0.895. The molecule has 0 spiro atoms. The van der Waals surface area contributed by atoms with Crippen LogP contribution in [0, 0.1) is 19.8 Å². The highest BCUT2D eigenvalue weighted by Crippen LogP contribution is 2.27. The predicted molar refractivity (Wildman–Crippen MR) is 88.1 cm³/mol. The molecule has 1 aliphatic rings. The fourth-order valence-electron chi connectivity index (χ4n) is 3.54. The number of nitrogens with zero attached hydrogens (tertiary/aromatic N) is 1. The smallest absolute Gasteiger partial charge is 0.254 e. The first-order chi connectivity index (χ1) is 10.5. The zero-order valence-electron chi connectivity index (χ0n) is 13.5. The van der Waals surface area contributed by atoms with Crippen molar-refractivity contribution < 1.29 is 9.90 Å². The minimum Gasteiger partial charge on any atom is -0.394 e. The van der Waals surface area contributed by atoms with Crippen LogP contribution in [0.15, 0.2) is 18.2 Å². The Labute approximate surface area is 131 Å². The van der Waals surface area contributed by atoms with E-state index in [0.29, 0.717) is 11.5 Å². The zero-order chi connectivity index (χ0) is 15.9. The van der Waals surface area contributed by atoms with Gasteiger partial charge in [0.05, 0.1) is 12.6 Å². The van der Waals surface area contributed by atoms with Gasteiger partial charge in [0, 0.05) is 28.7 Å². The number of aliphatic hydroxyl groups excluding tert-OH is 1. The van der Waals surface area contributed by atoms with Crippen molar-refractivity contribution in [1.29, 1.82) is 0 Å². The van der Waals surface area contributed by atoms with Crippen molar-refractivity contribution in [3.63, 3.8) is 0 Å². The van der Waals surface area contributed by atoms with Crippen LogP contribution in [0.1, 0.15) is 41.4 Å². The molecule has 1 fully saturated rings. The van der Waals surface area contributed by atoms with Crippen LogP contribution >= 0.6 is 0 Å². The number of H-pyrrole nitrogens is 1. The lowest BCUT2D eigenvalue weighted by atomic mass is 9.90. The summed E-state index contributed by atoms with van der Waals surface area (Å²) < 4.78 is 0. The molecule has 0 aliphatic carbocycles. The third-order valence-electron chi connectivity index (χ3n) is 5.12. The molecule has 1 aliphatic heterocycles. The summed E-state index contributed by atoms with van der Waals surface area (Å²) >= 11 is 0. The van der Waals surface area contributed by atoms with Crippen LogP contribution in [-0.4, -0.2) is 40.1 Å². The number of carbonyl (C=O) groups is 1. The van der Waals surface area contributed by atoms with E-state index < -0.39 is 0 Å². The predicted octanol–water partition coefficient (Wildman–Crippen LogP) is 3.02. The highest BCUT2D eigenvalue weighted by molar-refractivity contribution is 5.99. The van der Waals surface area contributed by atoms with Gasteiger partial charge in [-0.1, -0.05) is 6.92 Å². The summed E-state index contributed by atoms with van der Waals surface area (Å²) in [6.45, 7) is 7.01. The Bertz CT molecular complexity index is 704. The number of carbonyl (C=O) groups excluding carboxylic acids is 1. The van der Waals surface area contributed by atoms with Crippen molar-refractivity contribution in [1.82, 2.24) is 9.88 Å². The lowest BCUT2D eigenvalue weighted by molar-refractivity contribution is 0.0358. The first-order valence-electron chi connectivity index (χ1n) is 8.03. The van der Waals surface area contributed by atoms with Gasteiger partial charge in [0.2, 0.25) is 0 Å². The van der Waals surface area contributed by atoms with E-state index in [-0.39, 0.29) is 18.6 Å². The largest absolute Gasteiger partial charge is 0.394 e. The Morgan fingerprint density at radius 1 is 1.41 bits per heavy atom. The molecule has 2 N–H and O–H groups in total. The second kappa shape index (κ2) is 5.76. The molecule has 1 aromatic carbocycles. The van der Waals surface area contributed by atoms with Crippen LogP contribution in [-0.2, 0) is 0 Å². The number of aromatic amines is 1. The van der Waals surface area contributed by atoms with Crippen molar-refractivity contribution in [2.24, 2.45) is 5.92 Å². The molecule has 0 saturated carbocycles. The summed E-state index contributed by atoms with van der Waals surface area (Å²) in [6, 6.07) is 5.77. The van der Waals surface area contributed by atoms with Crippen molar-refractivity contribution in [2.45, 2.75) is 39.7 Å². The molecule has 22 heavy (non-hydrogen) atoms. The maximum Gasteiger partial charge on any atom is 0.254 e. The third-order valence-corrected chi connectivity index (χ3v) is 5.12. The van der Waals surface area contributed by atoms with E-state index in [2.05, 4.69) is 18.8 Å². The molecule has 4 nitrogen and oxygen atoms in total. The lowest BCUT2D eigenvalue weighted by Crippen LogP contribution is -2.49. The number of hydrogen-bond donors (Lipinski definition) is 2.